The Labute approximate surface area is 228 Å². The third-order valence-electron chi connectivity index (χ3n) is 5.84. The molecule has 0 fully saturated rings. The number of anilines is 1. The van der Waals surface area contributed by atoms with Crippen LogP contribution in [0.5, 0.6) is 0 Å². The van der Waals surface area contributed by atoms with E-state index < -0.39 is 34.3 Å². The van der Waals surface area contributed by atoms with E-state index in [4.69, 9.17) is 11.6 Å². The van der Waals surface area contributed by atoms with Crippen molar-refractivity contribution in [1.82, 2.24) is 10.2 Å². The Morgan fingerprint density at radius 2 is 1.53 bits per heavy atom. The summed E-state index contributed by atoms with van der Waals surface area (Å²) in [6.45, 7) is 5.33. The molecular formula is C28H31ClFN3O4S. The molecule has 38 heavy (non-hydrogen) atoms. The molecule has 0 aliphatic carbocycles. The van der Waals surface area contributed by atoms with Crippen molar-refractivity contribution in [3.05, 3.63) is 95.3 Å². The van der Waals surface area contributed by atoms with Gasteiger partial charge in [0.2, 0.25) is 11.8 Å². The Kier molecular flexibility index (Phi) is 9.88. The molecule has 1 unspecified atom stereocenters. The van der Waals surface area contributed by atoms with Crippen LogP contribution in [0.4, 0.5) is 10.1 Å². The molecule has 0 aromatic heterocycles. The van der Waals surface area contributed by atoms with E-state index in [0.29, 0.717) is 17.1 Å². The van der Waals surface area contributed by atoms with E-state index >= 15 is 0 Å². The van der Waals surface area contributed by atoms with Gasteiger partial charge in [-0.05, 0) is 66.9 Å². The molecule has 0 aliphatic heterocycles. The quantitative estimate of drug-likeness (QED) is 0.363. The first kappa shape index (κ1) is 29.1. The van der Waals surface area contributed by atoms with Gasteiger partial charge < -0.3 is 10.2 Å². The second-order valence-electron chi connectivity index (χ2n) is 9.26. The molecule has 0 saturated heterocycles. The molecule has 0 radical (unpaired) electrons. The fourth-order valence-corrected chi connectivity index (χ4v) is 5.22. The van der Waals surface area contributed by atoms with Gasteiger partial charge in [-0.2, -0.15) is 0 Å². The van der Waals surface area contributed by atoms with Gasteiger partial charge in [0.15, 0.2) is 0 Å². The smallest absolute Gasteiger partial charge is 0.264 e. The summed E-state index contributed by atoms with van der Waals surface area (Å²) in [7, 11) is -4.17. The molecule has 2 amide bonds. The highest BCUT2D eigenvalue weighted by Crippen LogP contribution is 2.25. The summed E-state index contributed by atoms with van der Waals surface area (Å²) in [5, 5.41) is 3.19. The van der Waals surface area contributed by atoms with Gasteiger partial charge in [0.25, 0.3) is 10.0 Å². The van der Waals surface area contributed by atoms with Crippen molar-refractivity contribution in [1.29, 1.82) is 0 Å². The Hall–Kier alpha value is -3.43. The summed E-state index contributed by atoms with van der Waals surface area (Å²) in [6.07, 6.45) is 0. The van der Waals surface area contributed by atoms with Gasteiger partial charge in [-0.15, -0.1) is 0 Å². The van der Waals surface area contributed by atoms with Crippen molar-refractivity contribution in [2.75, 3.05) is 17.4 Å². The summed E-state index contributed by atoms with van der Waals surface area (Å²) >= 11 is 5.95. The maximum Gasteiger partial charge on any atom is 0.264 e. The van der Waals surface area contributed by atoms with E-state index in [1.807, 2.05) is 13.8 Å². The van der Waals surface area contributed by atoms with Gasteiger partial charge in [0.1, 0.15) is 18.4 Å². The fourth-order valence-electron chi connectivity index (χ4n) is 3.68. The number of nitrogens with one attached hydrogen (secondary N) is 1. The summed E-state index contributed by atoms with van der Waals surface area (Å²) < 4.78 is 41.8. The van der Waals surface area contributed by atoms with Crippen LogP contribution in [0.15, 0.2) is 83.8 Å². The van der Waals surface area contributed by atoms with E-state index in [1.165, 1.54) is 53.4 Å². The van der Waals surface area contributed by atoms with E-state index in [2.05, 4.69) is 5.32 Å². The molecule has 0 spiro atoms. The van der Waals surface area contributed by atoms with Crippen LogP contribution in [0.2, 0.25) is 5.02 Å². The maximum atomic E-state index is 13.8. The number of hydrogen-bond donors (Lipinski definition) is 1. The lowest BCUT2D eigenvalue weighted by atomic mass is 10.1. The van der Waals surface area contributed by atoms with Gasteiger partial charge in [-0.25, -0.2) is 12.8 Å². The predicted octanol–water partition coefficient (Wildman–Crippen LogP) is 4.86. The molecule has 1 N–H and O–H groups in total. The molecule has 0 aliphatic rings. The minimum Gasteiger partial charge on any atom is -0.354 e. The molecule has 1 atom stereocenters. The number of amides is 2. The van der Waals surface area contributed by atoms with Crippen molar-refractivity contribution in [3.8, 4) is 0 Å². The molecule has 202 valence electrons. The Balaban J connectivity index is 1.97. The number of sulfonamides is 1. The zero-order valence-electron chi connectivity index (χ0n) is 21.5. The number of carbonyl (C=O) groups is 2. The third-order valence-corrected chi connectivity index (χ3v) is 7.88. The lowest BCUT2D eigenvalue weighted by Gasteiger charge is -2.32. The normalized spacial score (nSPS) is 12.2. The Morgan fingerprint density at radius 3 is 2.11 bits per heavy atom. The number of carbonyl (C=O) groups excluding carboxylic acids is 2. The van der Waals surface area contributed by atoms with E-state index in [-0.39, 0.29) is 29.0 Å². The van der Waals surface area contributed by atoms with Gasteiger partial charge in [-0.1, -0.05) is 55.8 Å². The number of hydrogen-bond acceptors (Lipinski definition) is 4. The summed E-state index contributed by atoms with van der Waals surface area (Å²) in [4.78, 5) is 28.0. The van der Waals surface area contributed by atoms with Gasteiger partial charge in [0.05, 0.1) is 10.6 Å². The Bertz CT molecular complexity index is 1330. The molecule has 3 aromatic carbocycles. The van der Waals surface area contributed by atoms with Crippen LogP contribution < -0.4 is 9.62 Å². The zero-order chi connectivity index (χ0) is 27.9. The van der Waals surface area contributed by atoms with Crippen LogP contribution in [0.1, 0.15) is 26.3 Å². The van der Waals surface area contributed by atoms with Crippen molar-refractivity contribution < 1.29 is 22.4 Å². The number of halogens is 2. The predicted molar refractivity (Wildman–Crippen MR) is 147 cm³/mol. The highest BCUT2D eigenvalue weighted by molar-refractivity contribution is 7.92. The molecule has 7 nitrogen and oxygen atoms in total. The standard InChI is InChI=1S/C28H31ClFN3O4S/c1-20(2)17-31-28(35)21(3)32(18-22-9-13-24(30)14-10-22)27(34)19-33(25-7-5-4-6-8-25)38(36,37)26-15-11-23(29)12-16-26/h4-16,20-21H,17-19H2,1-3H3,(H,31,35). The average molecular weight is 560 g/mol. The number of rotatable bonds is 11. The van der Waals surface area contributed by atoms with Gasteiger partial charge >= 0.3 is 0 Å². The molecule has 0 bridgehead atoms. The molecule has 3 aromatic rings. The van der Waals surface area contributed by atoms with E-state index in [9.17, 15) is 22.4 Å². The lowest BCUT2D eigenvalue weighted by molar-refractivity contribution is -0.139. The van der Waals surface area contributed by atoms with Crippen LogP contribution in [-0.4, -0.2) is 44.3 Å². The second-order valence-corrected chi connectivity index (χ2v) is 11.6. The number of nitrogens with zero attached hydrogens (tertiary/aromatic N) is 2. The zero-order valence-corrected chi connectivity index (χ0v) is 23.0. The number of benzene rings is 3. The van der Waals surface area contributed by atoms with Crippen LogP contribution in [0.3, 0.4) is 0 Å². The molecule has 0 saturated carbocycles. The van der Waals surface area contributed by atoms with Gasteiger partial charge in [-0.3, -0.25) is 13.9 Å². The second kappa shape index (κ2) is 12.9. The van der Waals surface area contributed by atoms with Crippen LogP contribution in [0.25, 0.3) is 0 Å². The number of para-hydroxylation sites is 1. The minimum atomic E-state index is -4.17. The van der Waals surface area contributed by atoms with Crippen molar-refractivity contribution in [2.45, 2.75) is 38.3 Å². The molecular weight excluding hydrogens is 529 g/mol. The maximum absolute atomic E-state index is 13.8. The Morgan fingerprint density at radius 1 is 0.921 bits per heavy atom. The topological polar surface area (TPSA) is 86.8 Å². The fraction of sp³-hybridized carbons (Fsp3) is 0.286. The van der Waals surface area contributed by atoms with Gasteiger partial charge in [0, 0.05) is 18.1 Å². The van der Waals surface area contributed by atoms with Crippen molar-refractivity contribution in [2.24, 2.45) is 5.92 Å². The summed E-state index contributed by atoms with van der Waals surface area (Å²) in [6, 6.07) is 18.6. The molecule has 10 heteroatoms. The monoisotopic (exact) mass is 559 g/mol. The molecule has 0 heterocycles. The molecule has 3 rings (SSSR count). The van der Waals surface area contributed by atoms with Crippen LogP contribution in [-0.2, 0) is 26.2 Å². The highest BCUT2D eigenvalue weighted by Gasteiger charge is 2.32. The average Bonchev–Trinajstić information content (AvgIpc) is 2.90. The van der Waals surface area contributed by atoms with E-state index in [1.54, 1.807) is 37.3 Å². The van der Waals surface area contributed by atoms with Crippen LogP contribution >= 0.6 is 11.6 Å². The van der Waals surface area contributed by atoms with Crippen molar-refractivity contribution in [3.63, 3.8) is 0 Å². The summed E-state index contributed by atoms with van der Waals surface area (Å²) in [5.74, 6) is -1.20. The van der Waals surface area contributed by atoms with Crippen LogP contribution in [0, 0.1) is 11.7 Å². The highest BCUT2D eigenvalue weighted by atomic mass is 35.5. The van der Waals surface area contributed by atoms with E-state index in [0.717, 1.165) is 4.31 Å². The first-order chi connectivity index (χ1) is 18.0. The lowest BCUT2D eigenvalue weighted by Crippen LogP contribution is -2.51. The van der Waals surface area contributed by atoms with Crippen molar-refractivity contribution >= 4 is 39.1 Å². The third kappa shape index (κ3) is 7.55. The first-order valence-corrected chi connectivity index (χ1v) is 14.0. The SMILES string of the molecule is CC(C)CNC(=O)C(C)N(Cc1ccc(F)cc1)C(=O)CN(c1ccccc1)S(=O)(=O)c1ccc(Cl)cc1. The largest absolute Gasteiger partial charge is 0.354 e. The summed E-state index contributed by atoms with van der Waals surface area (Å²) in [5.41, 5.74) is 0.879. The minimum absolute atomic E-state index is 0.0149. The first-order valence-electron chi connectivity index (χ1n) is 12.1.